The summed E-state index contributed by atoms with van der Waals surface area (Å²) in [4.78, 5) is 24.9. The molecule has 2 aliphatic heterocycles. The molecule has 1 atom stereocenters. The van der Waals surface area contributed by atoms with Crippen molar-refractivity contribution < 1.29 is 24.2 Å². The van der Waals surface area contributed by atoms with Crippen LogP contribution in [0.3, 0.4) is 0 Å². The Morgan fingerprint density at radius 2 is 2.00 bits per heavy atom. The Labute approximate surface area is 137 Å². The summed E-state index contributed by atoms with van der Waals surface area (Å²) in [7, 11) is 0. The van der Waals surface area contributed by atoms with Gasteiger partial charge in [-0.1, -0.05) is 0 Å². The van der Waals surface area contributed by atoms with E-state index < -0.39 is 23.2 Å². The molecule has 2 N–H and O–H groups in total. The minimum Gasteiger partial charge on any atom is -0.481 e. The zero-order valence-electron chi connectivity index (χ0n) is 14.5. The fourth-order valence-electron chi connectivity index (χ4n) is 3.34. The van der Waals surface area contributed by atoms with Crippen LogP contribution in [0.4, 0.5) is 4.79 Å². The quantitative estimate of drug-likeness (QED) is 0.815. The van der Waals surface area contributed by atoms with E-state index in [0.717, 1.165) is 19.4 Å². The number of nitrogens with zero attached hydrogens (tertiary/aromatic N) is 1. The van der Waals surface area contributed by atoms with Crippen LogP contribution in [-0.2, 0) is 14.3 Å². The molecule has 0 bridgehead atoms. The van der Waals surface area contributed by atoms with Crippen LogP contribution in [0.2, 0.25) is 0 Å². The molecule has 0 spiro atoms. The molecule has 132 valence electrons. The molecule has 0 saturated carbocycles. The number of aliphatic carboxylic acids is 1. The molecule has 0 aromatic rings. The van der Waals surface area contributed by atoms with Crippen molar-refractivity contribution in [2.75, 3.05) is 26.3 Å². The molecule has 2 saturated heterocycles. The van der Waals surface area contributed by atoms with Crippen molar-refractivity contribution in [2.24, 2.45) is 0 Å². The number of hydrogen-bond donors (Lipinski definition) is 2. The van der Waals surface area contributed by atoms with Gasteiger partial charge in [0.1, 0.15) is 5.60 Å². The summed E-state index contributed by atoms with van der Waals surface area (Å²) in [5, 5.41) is 12.7. The van der Waals surface area contributed by atoms with Gasteiger partial charge in [0.2, 0.25) is 0 Å². The monoisotopic (exact) mass is 328 g/mol. The minimum atomic E-state index is -0.873. The second kappa shape index (κ2) is 6.28. The number of carboxylic acids is 1. The van der Waals surface area contributed by atoms with Crippen LogP contribution in [0.25, 0.3) is 0 Å². The molecule has 0 radical (unpaired) electrons. The van der Waals surface area contributed by atoms with E-state index in [2.05, 4.69) is 5.32 Å². The number of ether oxygens (including phenoxy) is 2. The lowest BCUT2D eigenvalue weighted by Gasteiger charge is -2.54. The van der Waals surface area contributed by atoms with Crippen molar-refractivity contribution in [2.45, 2.75) is 63.6 Å². The smallest absolute Gasteiger partial charge is 0.410 e. The van der Waals surface area contributed by atoms with Crippen LogP contribution in [0, 0.1) is 0 Å². The molecule has 2 rings (SSSR count). The Balaban J connectivity index is 2.00. The minimum absolute atomic E-state index is 0.0259. The fraction of sp³-hybridized carbons (Fsp3) is 0.875. The lowest BCUT2D eigenvalue weighted by atomic mass is 9.81. The van der Waals surface area contributed by atoms with Crippen molar-refractivity contribution in [1.29, 1.82) is 0 Å². The van der Waals surface area contributed by atoms with Crippen molar-refractivity contribution in [1.82, 2.24) is 10.2 Å². The first-order valence-corrected chi connectivity index (χ1v) is 8.09. The predicted molar refractivity (Wildman–Crippen MR) is 84.4 cm³/mol. The van der Waals surface area contributed by atoms with Gasteiger partial charge in [-0.25, -0.2) is 4.79 Å². The van der Waals surface area contributed by atoms with Crippen molar-refractivity contribution >= 4 is 12.1 Å². The molecular weight excluding hydrogens is 300 g/mol. The first-order valence-electron chi connectivity index (χ1n) is 8.09. The Morgan fingerprint density at radius 3 is 2.48 bits per heavy atom. The van der Waals surface area contributed by atoms with Gasteiger partial charge in [-0.3, -0.25) is 4.79 Å². The molecule has 7 nitrogen and oxygen atoms in total. The number of rotatable bonds is 4. The van der Waals surface area contributed by atoms with Gasteiger partial charge in [-0.2, -0.15) is 0 Å². The van der Waals surface area contributed by atoms with Crippen LogP contribution in [0.15, 0.2) is 0 Å². The first-order chi connectivity index (χ1) is 10.5. The lowest BCUT2D eigenvalue weighted by molar-refractivity contribution is -0.142. The average Bonchev–Trinajstić information content (AvgIpc) is 2.32. The number of hydrogen-bond acceptors (Lipinski definition) is 5. The molecule has 1 unspecified atom stereocenters. The second-order valence-corrected chi connectivity index (χ2v) is 8.03. The van der Waals surface area contributed by atoms with Crippen molar-refractivity contribution in [3.63, 3.8) is 0 Å². The molecule has 2 aliphatic rings. The molecule has 7 heteroatoms. The Kier molecular flexibility index (Phi) is 4.92. The van der Waals surface area contributed by atoms with E-state index in [-0.39, 0.29) is 12.0 Å². The third kappa shape index (κ3) is 4.81. The van der Waals surface area contributed by atoms with Gasteiger partial charge in [-0.15, -0.1) is 0 Å². The maximum Gasteiger partial charge on any atom is 0.410 e. The highest BCUT2D eigenvalue weighted by molar-refractivity contribution is 5.73. The number of nitrogens with one attached hydrogen (secondary N) is 1. The van der Waals surface area contributed by atoms with Gasteiger partial charge in [0, 0.05) is 25.2 Å². The van der Waals surface area contributed by atoms with Gasteiger partial charge in [-0.05, 0) is 40.5 Å². The predicted octanol–water partition coefficient (Wildman–Crippen LogP) is 1.61. The zero-order valence-corrected chi connectivity index (χ0v) is 14.5. The standard InChI is InChI=1S/C16H28N2O5/c1-14(2,3)23-13(21)18-9-16(10-18,8-12(19)20)17-15(4)6-5-7-22-11-15/h17H,5-11H2,1-4H3,(H,19,20). The number of carbonyl (C=O) groups excluding carboxylic acids is 1. The van der Waals surface area contributed by atoms with E-state index in [4.69, 9.17) is 9.47 Å². The van der Waals surface area contributed by atoms with Crippen LogP contribution in [0.1, 0.15) is 47.0 Å². The van der Waals surface area contributed by atoms with Crippen molar-refractivity contribution in [3.05, 3.63) is 0 Å². The lowest BCUT2D eigenvalue weighted by Crippen LogP contribution is -2.75. The summed E-state index contributed by atoms with van der Waals surface area (Å²) in [5.41, 5.74) is -1.43. The van der Waals surface area contributed by atoms with Gasteiger partial charge >= 0.3 is 12.1 Å². The van der Waals surface area contributed by atoms with E-state index in [1.54, 1.807) is 4.90 Å². The largest absolute Gasteiger partial charge is 0.481 e. The van der Waals surface area contributed by atoms with E-state index in [0.29, 0.717) is 19.7 Å². The summed E-state index contributed by atoms with van der Waals surface area (Å²) in [5.74, 6) is -0.873. The van der Waals surface area contributed by atoms with E-state index >= 15 is 0 Å². The maximum absolute atomic E-state index is 12.1. The molecule has 23 heavy (non-hydrogen) atoms. The Hall–Kier alpha value is -1.34. The Morgan fingerprint density at radius 1 is 1.35 bits per heavy atom. The third-order valence-corrected chi connectivity index (χ3v) is 4.13. The van der Waals surface area contributed by atoms with E-state index in [1.165, 1.54) is 0 Å². The number of carboxylic acid groups (broad SMARTS) is 1. The highest BCUT2D eigenvalue weighted by Gasteiger charge is 2.51. The summed E-state index contributed by atoms with van der Waals surface area (Å²) in [6, 6.07) is 0. The van der Waals surface area contributed by atoms with Gasteiger partial charge in [0.15, 0.2) is 0 Å². The topological polar surface area (TPSA) is 88.1 Å². The molecule has 0 aromatic carbocycles. The van der Waals surface area contributed by atoms with Crippen molar-refractivity contribution in [3.8, 4) is 0 Å². The second-order valence-electron chi connectivity index (χ2n) is 8.03. The highest BCUT2D eigenvalue weighted by Crippen LogP contribution is 2.31. The molecule has 0 aromatic heterocycles. The molecule has 0 aliphatic carbocycles. The summed E-state index contributed by atoms with van der Waals surface area (Å²) in [6.45, 7) is 9.46. The van der Waals surface area contributed by atoms with Gasteiger partial charge in [0.25, 0.3) is 0 Å². The van der Waals surface area contributed by atoms with Gasteiger partial charge in [0.05, 0.1) is 18.6 Å². The maximum atomic E-state index is 12.1. The van der Waals surface area contributed by atoms with Gasteiger partial charge < -0.3 is 24.8 Å². The molecular formula is C16H28N2O5. The molecule has 1 amide bonds. The van der Waals surface area contributed by atoms with Crippen LogP contribution < -0.4 is 5.32 Å². The number of likely N-dealkylation sites (tertiary alicyclic amines) is 1. The van der Waals surface area contributed by atoms with Crippen LogP contribution in [0.5, 0.6) is 0 Å². The Bertz CT molecular complexity index is 460. The van der Waals surface area contributed by atoms with Crippen LogP contribution in [-0.4, -0.2) is 65.1 Å². The van der Waals surface area contributed by atoms with Crippen LogP contribution >= 0.6 is 0 Å². The number of amides is 1. The first kappa shape index (κ1) is 18.0. The zero-order chi connectivity index (χ0) is 17.3. The van der Waals surface area contributed by atoms with E-state index in [9.17, 15) is 14.7 Å². The summed E-state index contributed by atoms with van der Waals surface area (Å²) in [6.07, 6.45) is 1.45. The third-order valence-electron chi connectivity index (χ3n) is 4.13. The van der Waals surface area contributed by atoms with E-state index in [1.807, 2.05) is 27.7 Å². The fourth-order valence-corrected chi connectivity index (χ4v) is 3.34. The SMILES string of the molecule is CC1(NC2(CC(=O)O)CN(C(=O)OC(C)(C)C)C2)CCCOC1. The normalized spacial score (nSPS) is 27.2. The summed E-state index contributed by atoms with van der Waals surface area (Å²) < 4.78 is 10.9. The number of carbonyl (C=O) groups is 2. The molecule has 2 fully saturated rings. The summed E-state index contributed by atoms with van der Waals surface area (Å²) >= 11 is 0. The molecule has 2 heterocycles. The average molecular weight is 328 g/mol. The highest BCUT2D eigenvalue weighted by atomic mass is 16.6.